The Morgan fingerprint density at radius 3 is 2.62 bits per heavy atom. The summed E-state index contributed by atoms with van der Waals surface area (Å²) in [5.74, 6) is -0.120. The molecule has 2 aromatic rings. The van der Waals surface area contributed by atoms with E-state index in [0.717, 1.165) is 71.0 Å². The van der Waals surface area contributed by atoms with Crippen LogP contribution in [0.3, 0.4) is 0 Å². The highest BCUT2D eigenvalue weighted by Gasteiger charge is 2.25. The minimum absolute atomic E-state index is 0.0163. The van der Waals surface area contributed by atoms with Crippen molar-refractivity contribution in [3.8, 4) is 11.3 Å². The molecule has 32 heavy (non-hydrogen) atoms. The molecule has 2 aliphatic rings. The normalized spacial score (nSPS) is 19.7. The topological polar surface area (TPSA) is 62.6 Å². The lowest BCUT2D eigenvalue weighted by molar-refractivity contribution is -0.126. The molecule has 1 amide bonds. The Balaban J connectivity index is 1.24. The van der Waals surface area contributed by atoms with Crippen molar-refractivity contribution in [3.63, 3.8) is 0 Å². The summed E-state index contributed by atoms with van der Waals surface area (Å²) < 4.78 is 21.3. The van der Waals surface area contributed by atoms with Gasteiger partial charge in [-0.05, 0) is 31.0 Å². The molecule has 0 spiro atoms. The van der Waals surface area contributed by atoms with Crippen molar-refractivity contribution in [1.82, 2.24) is 24.9 Å². The SMILES string of the molecule is C[C@H](CN1CCOCC1)C(=O)NC1CCN(Cc2cc(-c3ccccc3F)nn2C)CC1. The molecule has 1 atom stereocenters. The molecule has 2 aliphatic heterocycles. The third-order valence-corrected chi connectivity index (χ3v) is 6.53. The number of halogens is 1. The van der Waals surface area contributed by atoms with Crippen LogP contribution in [0.1, 0.15) is 25.5 Å². The second kappa shape index (κ2) is 10.6. The molecule has 1 aromatic carbocycles. The maximum absolute atomic E-state index is 14.1. The lowest BCUT2D eigenvalue weighted by Gasteiger charge is -2.33. The van der Waals surface area contributed by atoms with Gasteiger partial charge in [-0.15, -0.1) is 0 Å². The van der Waals surface area contributed by atoms with Crippen LogP contribution in [-0.4, -0.2) is 77.5 Å². The number of aromatic nitrogens is 2. The van der Waals surface area contributed by atoms with E-state index in [-0.39, 0.29) is 23.7 Å². The Hall–Kier alpha value is -2.29. The van der Waals surface area contributed by atoms with Crippen LogP contribution < -0.4 is 5.32 Å². The number of nitrogens with zero attached hydrogens (tertiary/aromatic N) is 4. The summed E-state index contributed by atoms with van der Waals surface area (Å²) in [5, 5.41) is 7.76. The predicted molar refractivity (Wildman–Crippen MR) is 121 cm³/mol. The van der Waals surface area contributed by atoms with E-state index in [0.29, 0.717) is 11.3 Å². The van der Waals surface area contributed by atoms with Crippen molar-refractivity contribution < 1.29 is 13.9 Å². The summed E-state index contributed by atoms with van der Waals surface area (Å²) >= 11 is 0. The van der Waals surface area contributed by atoms with E-state index in [1.54, 1.807) is 12.1 Å². The number of piperidine rings is 1. The van der Waals surface area contributed by atoms with Gasteiger partial charge in [-0.25, -0.2) is 4.39 Å². The van der Waals surface area contributed by atoms with Gasteiger partial charge in [0.15, 0.2) is 0 Å². The zero-order valence-electron chi connectivity index (χ0n) is 19.1. The van der Waals surface area contributed by atoms with Gasteiger partial charge in [-0.2, -0.15) is 5.10 Å². The first-order valence-corrected chi connectivity index (χ1v) is 11.6. The van der Waals surface area contributed by atoms with E-state index in [9.17, 15) is 9.18 Å². The van der Waals surface area contributed by atoms with Gasteiger partial charge in [0.2, 0.25) is 5.91 Å². The highest BCUT2D eigenvalue weighted by Crippen LogP contribution is 2.23. The van der Waals surface area contributed by atoms with Gasteiger partial charge in [-0.1, -0.05) is 19.1 Å². The number of carbonyl (C=O) groups is 1. The Bertz CT molecular complexity index is 904. The number of amides is 1. The maximum atomic E-state index is 14.1. The fourth-order valence-electron chi connectivity index (χ4n) is 4.52. The molecule has 174 valence electrons. The summed E-state index contributed by atoms with van der Waals surface area (Å²) in [4.78, 5) is 17.3. The number of hydrogen-bond acceptors (Lipinski definition) is 5. The van der Waals surface area contributed by atoms with Crippen LogP contribution in [0.5, 0.6) is 0 Å². The molecule has 1 N–H and O–H groups in total. The van der Waals surface area contributed by atoms with Gasteiger partial charge < -0.3 is 10.1 Å². The largest absolute Gasteiger partial charge is 0.379 e. The van der Waals surface area contributed by atoms with Gasteiger partial charge in [0.25, 0.3) is 0 Å². The predicted octanol–water partition coefficient (Wildman–Crippen LogP) is 2.28. The molecule has 2 fully saturated rings. The zero-order chi connectivity index (χ0) is 22.5. The van der Waals surface area contributed by atoms with E-state index in [1.807, 2.05) is 30.8 Å². The second-order valence-corrected chi connectivity index (χ2v) is 9.00. The monoisotopic (exact) mass is 443 g/mol. The minimum atomic E-state index is -0.253. The van der Waals surface area contributed by atoms with Gasteiger partial charge in [0, 0.05) is 63.8 Å². The van der Waals surface area contributed by atoms with Crippen LogP contribution in [0.2, 0.25) is 0 Å². The summed E-state index contributed by atoms with van der Waals surface area (Å²) in [6.07, 6.45) is 1.88. The highest BCUT2D eigenvalue weighted by molar-refractivity contribution is 5.78. The van der Waals surface area contributed by atoms with Crippen molar-refractivity contribution in [1.29, 1.82) is 0 Å². The average Bonchev–Trinajstić information content (AvgIpc) is 3.16. The standard InChI is InChI=1S/C24H34FN5O2/c1-18(16-30-11-13-32-14-12-30)24(31)26-19-7-9-29(10-8-19)17-20-15-23(27-28(20)2)21-5-3-4-6-22(21)25/h3-6,15,18-19H,7-14,16-17H2,1-2H3,(H,26,31)/t18-/m1/s1. The first-order valence-electron chi connectivity index (χ1n) is 11.6. The van der Waals surface area contributed by atoms with Crippen LogP contribution in [0.15, 0.2) is 30.3 Å². The Labute approximate surface area is 189 Å². The van der Waals surface area contributed by atoms with Crippen LogP contribution in [0.4, 0.5) is 4.39 Å². The van der Waals surface area contributed by atoms with Gasteiger partial charge in [-0.3, -0.25) is 19.3 Å². The van der Waals surface area contributed by atoms with Crippen LogP contribution in [0, 0.1) is 11.7 Å². The molecule has 0 saturated carbocycles. The number of ether oxygens (including phenoxy) is 1. The Morgan fingerprint density at radius 2 is 1.91 bits per heavy atom. The number of rotatable bonds is 7. The summed E-state index contributed by atoms with van der Waals surface area (Å²) in [6, 6.07) is 8.94. The maximum Gasteiger partial charge on any atom is 0.224 e. The number of carbonyl (C=O) groups excluding carboxylic acids is 1. The average molecular weight is 444 g/mol. The number of nitrogens with one attached hydrogen (secondary N) is 1. The van der Waals surface area contributed by atoms with Crippen molar-refractivity contribution in [2.24, 2.45) is 13.0 Å². The van der Waals surface area contributed by atoms with Crippen molar-refractivity contribution >= 4 is 5.91 Å². The first kappa shape index (κ1) is 22.9. The molecule has 0 unspecified atom stereocenters. The zero-order valence-corrected chi connectivity index (χ0v) is 19.1. The van der Waals surface area contributed by atoms with Crippen LogP contribution in [0.25, 0.3) is 11.3 Å². The molecule has 1 aromatic heterocycles. The number of morpholine rings is 1. The molecule has 8 heteroatoms. The summed E-state index contributed by atoms with van der Waals surface area (Å²) in [6.45, 7) is 8.73. The molecule has 0 radical (unpaired) electrons. The van der Waals surface area contributed by atoms with E-state index in [1.165, 1.54) is 6.07 Å². The van der Waals surface area contributed by atoms with E-state index < -0.39 is 0 Å². The summed E-state index contributed by atoms with van der Waals surface area (Å²) in [7, 11) is 1.91. The number of aryl methyl sites for hydroxylation is 1. The third kappa shape index (κ3) is 5.74. The van der Waals surface area contributed by atoms with E-state index in [4.69, 9.17) is 4.74 Å². The molecular formula is C24H34FN5O2. The lowest BCUT2D eigenvalue weighted by atomic mass is 10.0. The smallest absolute Gasteiger partial charge is 0.224 e. The van der Waals surface area contributed by atoms with Gasteiger partial charge in [0.1, 0.15) is 5.82 Å². The van der Waals surface area contributed by atoms with E-state index in [2.05, 4.69) is 20.2 Å². The molecule has 0 aliphatic carbocycles. The third-order valence-electron chi connectivity index (χ3n) is 6.53. The second-order valence-electron chi connectivity index (χ2n) is 9.00. The molecule has 7 nitrogen and oxygen atoms in total. The van der Waals surface area contributed by atoms with Gasteiger partial charge in [0.05, 0.1) is 24.6 Å². The molecular weight excluding hydrogens is 409 g/mol. The Kier molecular flexibility index (Phi) is 7.55. The van der Waals surface area contributed by atoms with Crippen molar-refractivity contribution in [3.05, 3.63) is 41.8 Å². The number of benzene rings is 1. The van der Waals surface area contributed by atoms with Crippen LogP contribution >= 0.6 is 0 Å². The van der Waals surface area contributed by atoms with Gasteiger partial charge >= 0.3 is 0 Å². The molecule has 2 saturated heterocycles. The fourth-order valence-corrected chi connectivity index (χ4v) is 4.52. The first-order chi connectivity index (χ1) is 15.5. The minimum Gasteiger partial charge on any atom is -0.379 e. The number of hydrogen-bond donors (Lipinski definition) is 1. The lowest BCUT2D eigenvalue weighted by Crippen LogP contribution is -2.48. The highest BCUT2D eigenvalue weighted by atomic mass is 19.1. The Morgan fingerprint density at radius 1 is 1.19 bits per heavy atom. The molecule has 3 heterocycles. The molecule has 0 bridgehead atoms. The fraction of sp³-hybridized carbons (Fsp3) is 0.583. The van der Waals surface area contributed by atoms with E-state index >= 15 is 0 Å². The van der Waals surface area contributed by atoms with Crippen molar-refractivity contribution in [2.45, 2.75) is 32.4 Å². The quantitative estimate of drug-likeness (QED) is 0.711. The van der Waals surface area contributed by atoms with Crippen LogP contribution in [-0.2, 0) is 23.1 Å². The number of likely N-dealkylation sites (tertiary alicyclic amines) is 1. The van der Waals surface area contributed by atoms with Crippen molar-refractivity contribution in [2.75, 3.05) is 45.9 Å². The molecule has 4 rings (SSSR count). The summed E-state index contributed by atoms with van der Waals surface area (Å²) in [5.41, 5.74) is 2.25.